The predicted molar refractivity (Wildman–Crippen MR) is 109 cm³/mol. The molecular weight excluding hydrogens is 356 g/mol. The Labute approximate surface area is 168 Å². The third-order valence-corrected chi connectivity index (χ3v) is 6.09. The highest BCUT2D eigenvalue weighted by Crippen LogP contribution is 2.33. The van der Waals surface area contributed by atoms with Crippen molar-refractivity contribution in [1.82, 2.24) is 10.2 Å². The first-order chi connectivity index (χ1) is 13.6. The van der Waals surface area contributed by atoms with Gasteiger partial charge in [-0.15, -0.1) is 0 Å². The van der Waals surface area contributed by atoms with Crippen molar-refractivity contribution in [3.05, 3.63) is 23.8 Å². The number of nitrogens with zero attached hydrogens (tertiary/aromatic N) is 1. The fourth-order valence-corrected chi connectivity index (χ4v) is 4.46. The molecule has 1 heterocycles. The summed E-state index contributed by atoms with van der Waals surface area (Å²) in [5.74, 6) is 1.10. The molecule has 1 saturated heterocycles. The van der Waals surface area contributed by atoms with Crippen molar-refractivity contribution in [1.29, 1.82) is 0 Å². The van der Waals surface area contributed by atoms with Crippen molar-refractivity contribution in [2.24, 2.45) is 0 Å². The molecule has 6 heteroatoms. The number of nitrogens with one attached hydrogen (secondary N) is 1. The third kappa shape index (κ3) is 4.78. The maximum atomic E-state index is 13.1. The zero-order valence-electron chi connectivity index (χ0n) is 17.2. The summed E-state index contributed by atoms with van der Waals surface area (Å²) in [5.41, 5.74) is -0.437. The summed E-state index contributed by atoms with van der Waals surface area (Å²) in [5, 5.41) is 14.6. The van der Waals surface area contributed by atoms with E-state index in [1.807, 2.05) is 18.2 Å². The lowest BCUT2D eigenvalue weighted by molar-refractivity contribution is -0.157. The van der Waals surface area contributed by atoms with Crippen LogP contribution in [-0.2, 0) is 11.3 Å². The van der Waals surface area contributed by atoms with Gasteiger partial charge in [0.1, 0.15) is 0 Å². The average Bonchev–Trinajstić information content (AvgIpc) is 2.99. The molecule has 2 N–H and O–H groups in total. The van der Waals surface area contributed by atoms with Crippen LogP contribution < -0.4 is 14.8 Å². The summed E-state index contributed by atoms with van der Waals surface area (Å²) >= 11 is 0. The zero-order chi connectivity index (χ0) is 20.0. The first-order valence-electron chi connectivity index (χ1n) is 10.5. The topological polar surface area (TPSA) is 71.0 Å². The number of hydrogen-bond donors (Lipinski definition) is 2. The monoisotopic (exact) mass is 390 g/mol. The van der Waals surface area contributed by atoms with Crippen LogP contribution in [0, 0.1) is 0 Å². The van der Waals surface area contributed by atoms with Gasteiger partial charge in [0.25, 0.3) is 5.91 Å². The van der Waals surface area contributed by atoms with E-state index >= 15 is 0 Å². The number of piperidine rings is 1. The van der Waals surface area contributed by atoms with Crippen molar-refractivity contribution in [2.75, 3.05) is 27.3 Å². The minimum Gasteiger partial charge on any atom is -0.493 e. The standard InChI is InChI=1S/C22H34N2O4/c1-27-19-12-7-9-17(20(19)28-2)15-24-14-8-13-22(26,21(24)25)16-23-18-10-5-3-4-6-11-18/h7,9,12,18,23,26H,3-6,8,10-11,13-16H2,1-2H3/t22-/m0/s1. The molecular formula is C22H34N2O4. The Morgan fingerprint density at radius 2 is 1.89 bits per heavy atom. The molecule has 0 spiro atoms. The van der Waals surface area contributed by atoms with Gasteiger partial charge in [0.05, 0.1) is 14.2 Å². The minimum atomic E-state index is -1.32. The number of ether oxygens (including phenoxy) is 2. The first-order valence-corrected chi connectivity index (χ1v) is 10.5. The number of hydrogen-bond acceptors (Lipinski definition) is 5. The van der Waals surface area contributed by atoms with E-state index in [2.05, 4.69) is 5.32 Å². The Hall–Kier alpha value is -1.79. The maximum Gasteiger partial charge on any atom is 0.256 e. The van der Waals surface area contributed by atoms with Crippen molar-refractivity contribution in [2.45, 2.75) is 69.6 Å². The summed E-state index contributed by atoms with van der Waals surface area (Å²) in [4.78, 5) is 14.9. The van der Waals surface area contributed by atoms with E-state index in [1.54, 1.807) is 19.1 Å². The van der Waals surface area contributed by atoms with Gasteiger partial charge in [-0.2, -0.15) is 0 Å². The minimum absolute atomic E-state index is 0.190. The van der Waals surface area contributed by atoms with E-state index in [-0.39, 0.29) is 5.91 Å². The van der Waals surface area contributed by atoms with Crippen LogP contribution in [0.4, 0.5) is 0 Å². The van der Waals surface area contributed by atoms with Crippen LogP contribution in [0.5, 0.6) is 11.5 Å². The predicted octanol–water partition coefficient (Wildman–Crippen LogP) is 2.87. The highest BCUT2D eigenvalue weighted by atomic mass is 16.5. The average molecular weight is 391 g/mol. The van der Waals surface area contributed by atoms with Gasteiger partial charge in [-0.05, 0) is 31.7 Å². The fourth-order valence-electron chi connectivity index (χ4n) is 4.46. The van der Waals surface area contributed by atoms with Crippen molar-refractivity contribution in [3.63, 3.8) is 0 Å². The fraction of sp³-hybridized carbons (Fsp3) is 0.682. The second-order valence-electron chi connectivity index (χ2n) is 8.08. The number of rotatable bonds is 7. The molecule has 0 unspecified atom stereocenters. The molecule has 1 aromatic rings. The van der Waals surface area contributed by atoms with Gasteiger partial charge in [0.15, 0.2) is 17.1 Å². The molecule has 1 amide bonds. The summed E-state index contributed by atoms with van der Waals surface area (Å²) < 4.78 is 10.9. The zero-order valence-corrected chi connectivity index (χ0v) is 17.2. The summed E-state index contributed by atoms with van der Waals surface area (Å²) in [6.45, 7) is 1.39. The second kappa shape index (κ2) is 9.61. The first kappa shape index (κ1) is 20.9. The molecule has 3 rings (SSSR count). The lowest BCUT2D eigenvalue weighted by Crippen LogP contribution is -2.58. The van der Waals surface area contributed by atoms with Gasteiger partial charge in [0.2, 0.25) is 0 Å². The largest absolute Gasteiger partial charge is 0.493 e. The number of amides is 1. The Morgan fingerprint density at radius 1 is 1.14 bits per heavy atom. The Bertz CT molecular complexity index is 658. The van der Waals surface area contributed by atoms with Crippen LogP contribution in [0.3, 0.4) is 0 Å². The quantitative estimate of drug-likeness (QED) is 0.701. The molecule has 1 aliphatic heterocycles. The van der Waals surface area contributed by atoms with E-state index in [1.165, 1.54) is 25.7 Å². The maximum absolute atomic E-state index is 13.1. The summed E-state index contributed by atoms with van der Waals surface area (Å²) in [6, 6.07) is 6.08. The molecule has 6 nitrogen and oxygen atoms in total. The van der Waals surface area contributed by atoms with E-state index in [9.17, 15) is 9.90 Å². The number of aliphatic hydroxyl groups is 1. The van der Waals surface area contributed by atoms with E-state index in [0.29, 0.717) is 43.6 Å². The van der Waals surface area contributed by atoms with Crippen molar-refractivity contribution in [3.8, 4) is 11.5 Å². The van der Waals surface area contributed by atoms with E-state index < -0.39 is 5.60 Å². The lowest BCUT2D eigenvalue weighted by Gasteiger charge is -2.39. The van der Waals surface area contributed by atoms with Crippen LogP contribution in [0.2, 0.25) is 0 Å². The van der Waals surface area contributed by atoms with E-state index in [0.717, 1.165) is 24.8 Å². The molecule has 1 saturated carbocycles. The summed E-state index contributed by atoms with van der Waals surface area (Å²) in [7, 11) is 3.21. The van der Waals surface area contributed by atoms with Crippen LogP contribution in [0.25, 0.3) is 0 Å². The van der Waals surface area contributed by atoms with Gasteiger partial charge in [0, 0.05) is 31.2 Å². The second-order valence-corrected chi connectivity index (χ2v) is 8.08. The number of benzene rings is 1. The number of methoxy groups -OCH3 is 2. The van der Waals surface area contributed by atoms with Crippen LogP contribution in [0.1, 0.15) is 56.9 Å². The normalized spacial score (nSPS) is 24.1. The molecule has 1 aliphatic carbocycles. The van der Waals surface area contributed by atoms with Crippen LogP contribution in [-0.4, -0.2) is 54.9 Å². The SMILES string of the molecule is COc1cccc(CN2CCC[C@](O)(CNC3CCCCCC3)C2=O)c1OC. The number of carbonyl (C=O) groups excluding carboxylic acids is 1. The van der Waals surface area contributed by atoms with Gasteiger partial charge >= 0.3 is 0 Å². The van der Waals surface area contributed by atoms with Gasteiger partial charge in [-0.1, -0.05) is 37.8 Å². The van der Waals surface area contributed by atoms with Crippen LogP contribution in [0.15, 0.2) is 18.2 Å². The van der Waals surface area contributed by atoms with Gasteiger partial charge < -0.3 is 24.8 Å². The third-order valence-electron chi connectivity index (χ3n) is 6.09. The molecule has 0 aromatic heterocycles. The molecule has 1 aromatic carbocycles. The van der Waals surface area contributed by atoms with Crippen molar-refractivity contribution < 1.29 is 19.4 Å². The smallest absolute Gasteiger partial charge is 0.256 e. The molecule has 2 aliphatic rings. The van der Waals surface area contributed by atoms with Gasteiger partial charge in [-0.3, -0.25) is 4.79 Å². The Kier molecular flexibility index (Phi) is 7.18. The Morgan fingerprint density at radius 3 is 2.57 bits per heavy atom. The summed E-state index contributed by atoms with van der Waals surface area (Å²) in [6.07, 6.45) is 8.61. The molecule has 0 radical (unpaired) electrons. The Balaban J connectivity index is 1.66. The highest BCUT2D eigenvalue weighted by Gasteiger charge is 2.42. The molecule has 2 fully saturated rings. The van der Waals surface area contributed by atoms with Gasteiger partial charge in [-0.25, -0.2) is 0 Å². The number of likely N-dealkylation sites (tertiary alicyclic amines) is 1. The lowest BCUT2D eigenvalue weighted by atomic mass is 9.90. The van der Waals surface area contributed by atoms with Crippen LogP contribution >= 0.6 is 0 Å². The highest BCUT2D eigenvalue weighted by molar-refractivity contribution is 5.86. The van der Waals surface area contributed by atoms with E-state index in [4.69, 9.17) is 9.47 Å². The molecule has 1 atom stereocenters. The molecule has 28 heavy (non-hydrogen) atoms. The molecule has 156 valence electrons. The number of carbonyl (C=O) groups is 1. The number of para-hydroxylation sites is 1. The van der Waals surface area contributed by atoms with Crippen molar-refractivity contribution >= 4 is 5.91 Å². The molecule has 0 bridgehead atoms.